The van der Waals surface area contributed by atoms with Crippen molar-refractivity contribution in [3.63, 3.8) is 0 Å². The lowest BCUT2D eigenvalue weighted by molar-refractivity contribution is 0.282. The van der Waals surface area contributed by atoms with Gasteiger partial charge in [0.15, 0.2) is 0 Å². The topological polar surface area (TPSA) is 38.1 Å². The van der Waals surface area contributed by atoms with E-state index >= 15 is 0 Å². The van der Waals surface area contributed by atoms with Crippen LogP contribution < -0.4 is 0 Å². The van der Waals surface area contributed by atoms with Crippen LogP contribution >= 0.6 is 0 Å². The predicted octanol–water partition coefficient (Wildman–Crippen LogP) is 4.70. The average Bonchev–Trinajstić information content (AvgIpc) is 3.11. The van der Waals surface area contributed by atoms with Crippen molar-refractivity contribution in [3.8, 4) is 11.1 Å². The summed E-state index contributed by atoms with van der Waals surface area (Å²) in [4.78, 5) is 0. The first kappa shape index (κ1) is 14.5. The summed E-state index contributed by atoms with van der Waals surface area (Å²) in [5.41, 5.74) is 3.35. The molecule has 1 aromatic heterocycles. The molecule has 0 saturated heterocycles. The minimum Gasteiger partial charge on any atom is -0.392 e. The highest BCUT2D eigenvalue weighted by molar-refractivity contribution is 5.96. The third-order valence-electron chi connectivity index (χ3n) is 4.99. The zero-order chi connectivity index (χ0) is 15.6. The van der Waals surface area contributed by atoms with Gasteiger partial charge in [-0.2, -0.15) is 5.10 Å². The van der Waals surface area contributed by atoms with Crippen LogP contribution in [0, 0.1) is 0 Å². The highest BCUT2D eigenvalue weighted by atomic mass is 16.3. The van der Waals surface area contributed by atoms with E-state index in [1.54, 1.807) is 0 Å². The van der Waals surface area contributed by atoms with Crippen molar-refractivity contribution in [1.82, 2.24) is 9.78 Å². The van der Waals surface area contributed by atoms with Gasteiger partial charge in [-0.25, -0.2) is 0 Å². The number of nitrogens with zero attached hydrogens (tertiary/aromatic N) is 2. The Bertz CT molecular complexity index is 815. The smallest absolute Gasteiger partial charge is 0.0682 e. The van der Waals surface area contributed by atoms with Gasteiger partial charge in [-0.1, -0.05) is 49.6 Å². The SMILES string of the molecule is OCc1ccc2c(-c3cnn(C4CCCCC4)c3)cccc2c1. The minimum absolute atomic E-state index is 0.0831. The number of aliphatic hydroxyl groups excluding tert-OH is 1. The summed E-state index contributed by atoms with van der Waals surface area (Å²) in [7, 11) is 0. The standard InChI is InChI=1S/C20H22N2O/c23-14-15-9-10-20-16(11-15)5-4-8-19(20)17-12-21-22(13-17)18-6-2-1-3-7-18/h4-5,8-13,18,23H,1-3,6-7,14H2. The Labute approximate surface area is 136 Å². The number of fused-ring (bicyclic) bond motifs is 1. The van der Waals surface area contributed by atoms with Crippen LogP contribution in [0.3, 0.4) is 0 Å². The summed E-state index contributed by atoms with van der Waals surface area (Å²) in [6, 6.07) is 13.1. The molecular weight excluding hydrogens is 284 g/mol. The molecule has 23 heavy (non-hydrogen) atoms. The van der Waals surface area contributed by atoms with Crippen molar-refractivity contribution in [3.05, 3.63) is 54.4 Å². The Morgan fingerprint density at radius 2 is 1.96 bits per heavy atom. The van der Waals surface area contributed by atoms with Gasteiger partial charge in [-0.05, 0) is 40.8 Å². The average molecular weight is 306 g/mol. The van der Waals surface area contributed by atoms with Crippen molar-refractivity contribution in [2.75, 3.05) is 0 Å². The highest BCUT2D eigenvalue weighted by Crippen LogP contribution is 2.32. The molecule has 1 N–H and O–H groups in total. The van der Waals surface area contributed by atoms with E-state index in [1.807, 2.05) is 12.3 Å². The Kier molecular flexibility index (Phi) is 3.88. The highest BCUT2D eigenvalue weighted by Gasteiger charge is 2.16. The quantitative estimate of drug-likeness (QED) is 0.761. The number of rotatable bonds is 3. The molecular formula is C20H22N2O. The minimum atomic E-state index is 0.0831. The molecule has 0 atom stereocenters. The summed E-state index contributed by atoms with van der Waals surface area (Å²) in [5, 5.41) is 16.3. The first-order valence-electron chi connectivity index (χ1n) is 8.52. The molecule has 3 heteroatoms. The number of hydrogen-bond donors (Lipinski definition) is 1. The Morgan fingerprint density at radius 1 is 1.09 bits per heavy atom. The van der Waals surface area contributed by atoms with Gasteiger partial charge in [0.25, 0.3) is 0 Å². The lowest BCUT2D eigenvalue weighted by Crippen LogP contribution is -2.12. The third kappa shape index (κ3) is 2.77. The lowest BCUT2D eigenvalue weighted by Gasteiger charge is -2.21. The summed E-state index contributed by atoms with van der Waals surface area (Å²) in [6.07, 6.45) is 10.7. The Morgan fingerprint density at radius 3 is 2.78 bits per heavy atom. The molecule has 1 fully saturated rings. The van der Waals surface area contributed by atoms with Crippen molar-refractivity contribution in [2.24, 2.45) is 0 Å². The molecule has 1 saturated carbocycles. The number of hydrogen-bond acceptors (Lipinski definition) is 2. The second-order valence-corrected chi connectivity index (χ2v) is 6.52. The van der Waals surface area contributed by atoms with Crippen LogP contribution in [-0.4, -0.2) is 14.9 Å². The number of aromatic nitrogens is 2. The summed E-state index contributed by atoms with van der Waals surface area (Å²) >= 11 is 0. The molecule has 1 aliphatic carbocycles. The molecule has 0 radical (unpaired) electrons. The summed E-state index contributed by atoms with van der Waals surface area (Å²) in [5.74, 6) is 0. The van der Waals surface area contributed by atoms with Crippen LogP contribution in [-0.2, 0) is 6.61 Å². The second kappa shape index (κ2) is 6.17. The molecule has 1 heterocycles. The molecule has 118 valence electrons. The molecule has 0 bridgehead atoms. The normalized spacial score (nSPS) is 16.0. The molecule has 0 amide bonds. The van der Waals surface area contributed by atoms with Crippen molar-refractivity contribution >= 4 is 10.8 Å². The Balaban J connectivity index is 1.73. The van der Waals surface area contributed by atoms with Crippen LogP contribution in [0.15, 0.2) is 48.8 Å². The van der Waals surface area contributed by atoms with Crippen LogP contribution in [0.5, 0.6) is 0 Å². The maximum Gasteiger partial charge on any atom is 0.0682 e. The van der Waals surface area contributed by atoms with Gasteiger partial charge < -0.3 is 5.11 Å². The zero-order valence-corrected chi connectivity index (χ0v) is 13.3. The first-order valence-corrected chi connectivity index (χ1v) is 8.52. The lowest BCUT2D eigenvalue weighted by atomic mass is 9.95. The van der Waals surface area contributed by atoms with Crippen LogP contribution in [0.25, 0.3) is 21.9 Å². The Hall–Kier alpha value is -2.13. The fourth-order valence-electron chi connectivity index (χ4n) is 3.71. The van der Waals surface area contributed by atoms with Gasteiger partial charge in [-0.3, -0.25) is 4.68 Å². The first-order chi connectivity index (χ1) is 11.3. The van der Waals surface area contributed by atoms with Gasteiger partial charge in [0, 0.05) is 11.8 Å². The molecule has 0 aliphatic heterocycles. The van der Waals surface area contributed by atoms with E-state index in [2.05, 4.69) is 46.3 Å². The second-order valence-electron chi connectivity index (χ2n) is 6.52. The molecule has 3 nitrogen and oxygen atoms in total. The maximum atomic E-state index is 9.32. The summed E-state index contributed by atoms with van der Waals surface area (Å²) in [6.45, 7) is 0.0831. The van der Waals surface area contributed by atoms with E-state index in [1.165, 1.54) is 54.0 Å². The van der Waals surface area contributed by atoms with E-state index in [0.717, 1.165) is 5.56 Å². The predicted molar refractivity (Wildman–Crippen MR) is 93.2 cm³/mol. The van der Waals surface area contributed by atoms with Gasteiger partial charge in [-0.15, -0.1) is 0 Å². The molecule has 4 rings (SSSR count). The van der Waals surface area contributed by atoms with E-state index in [9.17, 15) is 5.11 Å². The molecule has 2 aromatic carbocycles. The molecule has 1 aliphatic rings. The largest absolute Gasteiger partial charge is 0.392 e. The van der Waals surface area contributed by atoms with Crippen LogP contribution in [0.4, 0.5) is 0 Å². The fourth-order valence-corrected chi connectivity index (χ4v) is 3.71. The number of aliphatic hydroxyl groups is 1. The van der Waals surface area contributed by atoms with E-state index < -0.39 is 0 Å². The van der Waals surface area contributed by atoms with Crippen molar-refractivity contribution in [1.29, 1.82) is 0 Å². The van der Waals surface area contributed by atoms with Gasteiger partial charge in [0.2, 0.25) is 0 Å². The molecule has 0 unspecified atom stereocenters. The number of benzene rings is 2. The fraction of sp³-hybridized carbons (Fsp3) is 0.350. The zero-order valence-electron chi connectivity index (χ0n) is 13.3. The van der Waals surface area contributed by atoms with Crippen molar-refractivity contribution < 1.29 is 5.11 Å². The molecule has 0 spiro atoms. The van der Waals surface area contributed by atoms with E-state index in [4.69, 9.17) is 0 Å². The monoisotopic (exact) mass is 306 g/mol. The van der Waals surface area contributed by atoms with Gasteiger partial charge in [0.1, 0.15) is 0 Å². The van der Waals surface area contributed by atoms with E-state index in [-0.39, 0.29) is 6.61 Å². The third-order valence-corrected chi connectivity index (χ3v) is 4.99. The van der Waals surface area contributed by atoms with Crippen molar-refractivity contribution in [2.45, 2.75) is 44.8 Å². The molecule has 3 aromatic rings. The van der Waals surface area contributed by atoms with Crippen LogP contribution in [0.2, 0.25) is 0 Å². The van der Waals surface area contributed by atoms with Crippen LogP contribution in [0.1, 0.15) is 43.7 Å². The van der Waals surface area contributed by atoms with Gasteiger partial charge in [0.05, 0.1) is 18.8 Å². The summed E-state index contributed by atoms with van der Waals surface area (Å²) < 4.78 is 2.16. The van der Waals surface area contributed by atoms with E-state index in [0.29, 0.717) is 6.04 Å². The maximum absolute atomic E-state index is 9.32. The van der Waals surface area contributed by atoms with Gasteiger partial charge >= 0.3 is 0 Å².